The molecule has 0 bridgehead atoms. The highest BCUT2D eigenvalue weighted by Gasteiger charge is 2.12. The second-order valence-electron chi connectivity index (χ2n) is 4.44. The summed E-state index contributed by atoms with van der Waals surface area (Å²) in [6.45, 7) is 5.89. The molecule has 0 aliphatic heterocycles. The molecule has 0 spiro atoms. The molecule has 94 valence electrons. The van der Waals surface area contributed by atoms with Crippen LogP contribution in [0, 0.1) is 6.92 Å². The topological polar surface area (TPSA) is 68.0 Å². The first-order valence-electron chi connectivity index (χ1n) is 5.76. The number of hydrogen-bond acceptors (Lipinski definition) is 3. The number of aromatic nitrogens is 3. The summed E-state index contributed by atoms with van der Waals surface area (Å²) < 4.78 is 1.67. The minimum Gasteiger partial charge on any atom is -0.478 e. The van der Waals surface area contributed by atoms with E-state index in [1.165, 1.54) is 0 Å². The fourth-order valence-corrected chi connectivity index (χ4v) is 1.67. The molecule has 2 rings (SSSR count). The zero-order valence-corrected chi connectivity index (χ0v) is 10.6. The van der Waals surface area contributed by atoms with Crippen molar-refractivity contribution in [1.82, 2.24) is 14.8 Å². The van der Waals surface area contributed by atoms with Gasteiger partial charge in [0.25, 0.3) is 0 Å². The van der Waals surface area contributed by atoms with Crippen molar-refractivity contribution >= 4 is 5.97 Å². The maximum absolute atomic E-state index is 10.9. The molecule has 5 nitrogen and oxygen atoms in total. The first kappa shape index (κ1) is 12.3. The molecule has 0 radical (unpaired) electrons. The van der Waals surface area contributed by atoms with E-state index in [-0.39, 0.29) is 11.5 Å². The third kappa shape index (κ3) is 2.25. The van der Waals surface area contributed by atoms with E-state index in [1.54, 1.807) is 22.9 Å². The first-order chi connectivity index (χ1) is 8.49. The number of benzene rings is 1. The maximum atomic E-state index is 10.9. The summed E-state index contributed by atoms with van der Waals surface area (Å²) >= 11 is 0. The molecule has 1 aromatic carbocycles. The van der Waals surface area contributed by atoms with Crippen LogP contribution in [0.15, 0.2) is 24.3 Å². The van der Waals surface area contributed by atoms with Gasteiger partial charge in [-0.1, -0.05) is 19.9 Å². The summed E-state index contributed by atoms with van der Waals surface area (Å²) in [5.41, 5.74) is 0.959. The fourth-order valence-electron chi connectivity index (χ4n) is 1.67. The number of carboxylic acid groups (broad SMARTS) is 1. The molecular formula is C13H15N3O2. The summed E-state index contributed by atoms with van der Waals surface area (Å²) in [6, 6.07) is 6.67. The van der Waals surface area contributed by atoms with E-state index < -0.39 is 5.97 Å². The highest BCUT2D eigenvalue weighted by molar-refractivity contribution is 5.88. The van der Waals surface area contributed by atoms with Gasteiger partial charge in [0.1, 0.15) is 5.82 Å². The quantitative estimate of drug-likeness (QED) is 0.901. The van der Waals surface area contributed by atoms with Crippen molar-refractivity contribution in [3.8, 4) is 5.69 Å². The summed E-state index contributed by atoms with van der Waals surface area (Å²) in [4.78, 5) is 15.3. The summed E-state index contributed by atoms with van der Waals surface area (Å²) in [7, 11) is 0. The largest absolute Gasteiger partial charge is 0.478 e. The number of carboxylic acids is 1. The van der Waals surface area contributed by atoms with Crippen molar-refractivity contribution in [3.63, 3.8) is 0 Å². The Balaban J connectivity index is 2.48. The zero-order chi connectivity index (χ0) is 13.3. The van der Waals surface area contributed by atoms with Crippen LogP contribution in [0.4, 0.5) is 0 Å². The van der Waals surface area contributed by atoms with Crippen LogP contribution in [-0.4, -0.2) is 25.8 Å². The van der Waals surface area contributed by atoms with Gasteiger partial charge in [-0.15, -0.1) is 0 Å². The van der Waals surface area contributed by atoms with Gasteiger partial charge in [0, 0.05) is 5.92 Å². The lowest BCUT2D eigenvalue weighted by molar-refractivity contribution is 0.0697. The summed E-state index contributed by atoms with van der Waals surface area (Å²) in [5, 5.41) is 13.4. The minimum absolute atomic E-state index is 0.243. The molecule has 0 saturated carbocycles. The Kier molecular flexibility index (Phi) is 3.14. The number of aromatic carboxylic acids is 1. The minimum atomic E-state index is -0.946. The Bertz CT molecular complexity index is 588. The fraction of sp³-hybridized carbons (Fsp3) is 0.308. The molecular weight excluding hydrogens is 230 g/mol. The molecule has 0 saturated heterocycles. The third-order valence-corrected chi connectivity index (χ3v) is 2.64. The van der Waals surface area contributed by atoms with Crippen LogP contribution < -0.4 is 0 Å². The average molecular weight is 245 g/mol. The van der Waals surface area contributed by atoms with Gasteiger partial charge in [-0.3, -0.25) is 0 Å². The highest BCUT2D eigenvalue weighted by Crippen LogP contribution is 2.15. The normalized spacial score (nSPS) is 10.9. The predicted molar refractivity (Wildman–Crippen MR) is 67.1 cm³/mol. The standard InChI is InChI=1S/C13H15N3O2/c1-8(2)12-14-9(3)16(15-12)11-6-4-5-10(7-11)13(17)18/h4-8H,1-3H3,(H,17,18). The van der Waals surface area contributed by atoms with Crippen LogP contribution >= 0.6 is 0 Å². The third-order valence-electron chi connectivity index (χ3n) is 2.64. The van der Waals surface area contributed by atoms with Crippen molar-refractivity contribution in [1.29, 1.82) is 0 Å². The number of hydrogen-bond donors (Lipinski definition) is 1. The van der Waals surface area contributed by atoms with Crippen molar-refractivity contribution < 1.29 is 9.90 Å². The van der Waals surface area contributed by atoms with Gasteiger partial charge in [0.2, 0.25) is 0 Å². The molecule has 0 aliphatic rings. The van der Waals surface area contributed by atoms with Crippen LogP contribution in [-0.2, 0) is 0 Å². The molecule has 1 aromatic heterocycles. The van der Waals surface area contributed by atoms with Crippen molar-refractivity contribution in [2.45, 2.75) is 26.7 Å². The smallest absolute Gasteiger partial charge is 0.335 e. The van der Waals surface area contributed by atoms with Crippen molar-refractivity contribution in [2.24, 2.45) is 0 Å². The lowest BCUT2D eigenvalue weighted by Crippen LogP contribution is -2.03. The molecule has 0 atom stereocenters. The van der Waals surface area contributed by atoms with Crippen LogP contribution in [0.3, 0.4) is 0 Å². The summed E-state index contributed by atoms with van der Waals surface area (Å²) in [5.74, 6) is 0.806. The lowest BCUT2D eigenvalue weighted by atomic mass is 10.2. The van der Waals surface area contributed by atoms with Gasteiger partial charge >= 0.3 is 5.97 Å². The van der Waals surface area contributed by atoms with Crippen molar-refractivity contribution in [3.05, 3.63) is 41.5 Å². The molecule has 1 heterocycles. The van der Waals surface area contributed by atoms with Gasteiger partial charge in [-0.05, 0) is 25.1 Å². The highest BCUT2D eigenvalue weighted by atomic mass is 16.4. The van der Waals surface area contributed by atoms with E-state index in [2.05, 4.69) is 10.1 Å². The van der Waals surface area contributed by atoms with Crippen molar-refractivity contribution in [2.75, 3.05) is 0 Å². The van der Waals surface area contributed by atoms with Crippen LogP contribution in [0.5, 0.6) is 0 Å². The molecule has 0 aliphatic carbocycles. The monoisotopic (exact) mass is 245 g/mol. The molecule has 18 heavy (non-hydrogen) atoms. The molecule has 0 amide bonds. The maximum Gasteiger partial charge on any atom is 0.335 e. The van der Waals surface area contributed by atoms with Gasteiger partial charge in [0.15, 0.2) is 5.82 Å². The van der Waals surface area contributed by atoms with E-state index in [1.807, 2.05) is 26.8 Å². The van der Waals surface area contributed by atoms with Gasteiger partial charge < -0.3 is 5.11 Å². The Labute approximate surface area is 105 Å². The Morgan fingerprint density at radius 1 is 1.39 bits per heavy atom. The van der Waals surface area contributed by atoms with Gasteiger partial charge in [0.05, 0.1) is 11.3 Å². The Morgan fingerprint density at radius 2 is 2.11 bits per heavy atom. The van der Waals surface area contributed by atoms with E-state index in [9.17, 15) is 4.79 Å². The molecule has 1 N–H and O–H groups in total. The summed E-state index contributed by atoms with van der Waals surface area (Å²) in [6.07, 6.45) is 0. The second kappa shape index (κ2) is 4.60. The van der Waals surface area contributed by atoms with E-state index >= 15 is 0 Å². The lowest BCUT2D eigenvalue weighted by Gasteiger charge is -2.04. The number of nitrogens with zero attached hydrogens (tertiary/aromatic N) is 3. The molecule has 2 aromatic rings. The number of aryl methyl sites for hydroxylation is 1. The predicted octanol–water partition coefficient (Wildman–Crippen LogP) is 2.40. The van der Waals surface area contributed by atoms with Crippen LogP contribution in [0.2, 0.25) is 0 Å². The van der Waals surface area contributed by atoms with Crippen LogP contribution in [0.25, 0.3) is 5.69 Å². The molecule has 0 fully saturated rings. The Morgan fingerprint density at radius 3 is 2.67 bits per heavy atom. The van der Waals surface area contributed by atoms with E-state index in [4.69, 9.17) is 5.11 Å². The van der Waals surface area contributed by atoms with Gasteiger partial charge in [-0.25, -0.2) is 14.5 Å². The second-order valence-corrected chi connectivity index (χ2v) is 4.44. The molecule has 0 unspecified atom stereocenters. The zero-order valence-electron chi connectivity index (χ0n) is 10.6. The Hall–Kier alpha value is -2.17. The number of carbonyl (C=O) groups is 1. The SMILES string of the molecule is Cc1nc(C(C)C)nn1-c1cccc(C(=O)O)c1. The van der Waals surface area contributed by atoms with E-state index in [0.717, 1.165) is 11.6 Å². The van der Waals surface area contributed by atoms with E-state index in [0.29, 0.717) is 5.69 Å². The average Bonchev–Trinajstić information content (AvgIpc) is 2.72. The van der Waals surface area contributed by atoms with Crippen LogP contribution in [0.1, 0.15) is 41.8 Å². The molecule has 5 heteroatoms. The van der Waals surface area contributed by atoms with Gasteiger partial charge in [-0.2, -0.15) is 5.10 Å². The first-order valence-corrected chi connectivity index (χ1v) is 5.76. The number of rotatable bonds is 3.